The maximum Gasteiger partial charge on any atom is 0.330 e. The summed E-state index contributed by atoms with van der Waals surface area (Å²) in [6, 6.07) is 0. The Labute approximate surface area is 108 Å². The van der Waals surface area contributed by atoms with Gasteiger partial charge >= 0.3 is 11.9 Å². The maximum absolute atomic E-state index is 10.2. The lowest BCUT2D eigenvalue weighted by Gasteiger charge is -1.97. The van der Waals surface area contributed by atoms with Crippen LogP contribution >= 0.6 is 0 Å². The second-order valence-corrected chi connectivity index (χ2v) is 3.46. The Morgan fingerprint density at radius 1 is 1.33 bits per heavy atom. The van der Waals surface area contributed by atoms with Gasteiger partial charge in [0.2, 0.25) is 0 Å². The molecule has 0 saturated heterocycles. The van der Waals surface area contributed by atoms with Crippen LogP contribution in [0.5, 0.6) is 0 Å². The van der Waals surface area contributed by atoms with E-state index in [1.54, 1.807) is 0 Å². The summed E-state index contributed by atoms with van der Waals surface area (Å²) in [5, 5.41) is 16.5. The van der Waals surface area contributed by atoms with Gasteiger partial charge in [-0.05, 0) is 12.8 Å². The molecule has 0 unspecified atom stereocenters. The Kier molecular flexibility index (Phi) is 14.0. The molecule has 0 bridgehead atoms. The highest BCUT2D eigenvalue weighted by atomic mass is 16.5. The van der Waals surface area contributed by atoms with Crippen molar-refractivity contribution in [2.45, 2.75) is 32.6 Å². The molecule has 0 fully saturated rings. The Hall–Kier alpha value is -1.62. The van der Waals surface area contributed by atoms with Gasteiger partial charge in [0.15, 0.2) is 0 Å². The average molecular weight is 258 g/mol. The monoisotopic (exact) mass is 258 g/mol. The molecule has 0 spiro atoms. The van der Waals surface area contributed by atoms with Crippen LogP contribution in [0.1, 0.15) is 32.6 Å². The van der Waals surface area contributed by atoms with E-state index in [4.69, 9.17) is 10.2 Å². The average Bonchev–Trinajstić information content (AvgIpc) is 2.36. The fourth-order valence-corrected chi connectivity index (χ4v) is 0.900. The van der Waals surface area contributed by atoms with E-state index in [0.29, 0.717) is 12.0 Å². The highest BCUT2D eigenvalue weighted by Gasteiger charge is 2.01. The maximum atomic E-state index is 10.2. The van der Waals surface area contributed by atoms with Crippen LogP contribution in [0.3, 0.4) is 0 Å². The Morgan fingerprint density at radius 3 is 2.33 bits per heavy atom. The third-order valence-corrected chi connectivity index (χ3v) is 1.89. The summed E-state index contributed by atoms with van der Waals surface area (Å²) in [6.45, 7) is 8.58. The van der Waals surface area contributed by atoms with Gasteiger partial charge in [-0.15, -0.1) is 0 Å². The summed E-state index contributed by atoms with van der Waals surface area (Å²) in [5.41, 5.74) is 0.327. The molecule has 5 nitrogen and oxygen atoms in total. The predicted octanol–water partition coefficient (Wildman–Crippen LogP) is 1.92. The number of aliphatic hydroxyl groups excluding tert-OH is 1. The first-order chi connectivity index (χ1) is 8.49. The third-order valence-electron chi connectivity index (χ3n) is 1.89. The number of esters is 1. The zero-order valence-electron chi connectivity index (χ0n) is 10.9. The molecule has 5 heteroatoms. The zero-order chi connectivity index (χ0) is 14.4. The number of carbonyl (C=O) groups is 2. The Bertz CT molecular complexity index is 271. The van der Waals surface area contributed by atoms with Gasteiger partial charge in [0, 0.05) is 11.6 Å². The number of carbonyl (C=O) groups excluding carboxylic acids is 1. The number of carboxylic acids is 1. The lowest BCUT2D eigenvalue weighted by Crippen LogP contribution is -2.04. The van der Waals surface area contributed by atoms with Crippen molar-refractivity contribution in [3.8, 4) is 0 Å². The topological polar surface area (TPSA) is 83.8 Å². The summed E-state index contributed by atoms with van der Waals surface area (Å²) in [7, 11) is 0. The van der Waals surface area contributed by atoms with Crippen molar-refractivity contribution in [1.29, 1.82) is 0 Å². The van der Waals surface area contributed by atoms with Gasteiger partial charge < -0.3 is 14.9 Å². The second-order valence-electron chi connectivity index (χ2n) is 3.46. The molecule has 0 saturated carbocycles. The van der Waals surface area contributed by atoms with E-state index in [-0.39, 0.29) is 13.2 Å². The van der Waals surface area contributed by atoms with E-state index < -0.39 is 11.9 Å². The first-order valence-corrected chi connectivity index (χ1v) is 5.80. The lowest BCUT2D eigenvalue weighted by molar-refractivity contribution is -0.138. The second kappa shape index (κ2) is 13.4. The molecule has 0 amide bonds. The smallest absolute Gasteiger partial charge is 0.330 e. The third kappa shape index (κ3) is 14.4. The number of unbranched alkanes of at least 4 members (excludes halogenated alkanes) is 2. The highest BCUT2D eigenvalue weighted by molar-refractivity contribution is 5.85. The molecule has 0 rings (SSSR count). The van der Waals surface area contributed by atoms with Crippen LogP contribution in [0, 0.1) is 0 Å². The van der Waals surface area contributed by atoms with Crippen molar-refractivity contribution in [2.75, 3.05) is 13.2 Å². The van der Waals surface area contributed by atoms with Gasteiger partial charge in [-0.2, -0.15) is 0 Å². The molecule has 0 aromatic carbocycles. The van der Waals surface area contributed by atoms with Crippen LogP contribution in [-0.2, 0) is 14.3 Å². The summed E-state index contributed by atoms with van der Waals surface area (Å²) in [4.78, 5) is 20.3. The predicted molar refractivity (Wildman–Crippen MR) is 69.2 cm³/mol. The summed E-state index contributed by atoms with van der Waals surface area (Å²) < 4.78 is 4.33. The normalized spacial score (nSPS) is 8.78. The number of ether oxygens (including phenoxy) is 1. The molecular weight excluding hydrogens is 236 g/mol. The standard InChI is InChI=1S/C8H14O2.C5H8O3/c1-3-4-5-6-7(2)8(9)10;1-2-5(7)8-4-3-6/h2-6H2,1H3,(H,9,10);2,6H,1,3-4H2. The number of hydrogen-bond acceptors (Lipinski definition) is 4. The number of hydrogen-bond donors (Lipinski definition) is 2. The number of carboxylic acid groups (broad SMARTS) is 1. The van der Waals surface area contributed by atoms with Gasteiger partial charge in [-0.25, -0.2) is 9.59 Å². The van der Waals surface area contributed by atoms with Crippen molar-refractivity contribution < 1.29 is 24.5 Å². The van der Waals surface area contributed by atoms with Gasteiger partial charge in [-0.1, -0.05) is 32.9 Å². The number of aliphatic carboxylic acids is 1. The van der Waals surface area contributed by atoms with Crippen LogP contribution in [0.25, 0.3) is 0 Å². The summed E-state index contributed by atoms with van der Waals surface area (Å²) in [5.74, 6) is -1.37. The fourth-order valence-electron chi connectivity index (χ4n) is 0.900. The molecular formula is C13H22O5. The van der Waals surface area contributed by atoms with Crippen LogP contribution in [0.4, 0.5) is 0 Å². The van der Waals surface area contributed by atoms with Gasteiger partial charge in [0.05, 0.1) is 6.61 Å². The van der Waals surface area contributed by atoms with Crippen LogP contribution < -0.4 is 0 Å². The molecule has 0 aromatic rings. The highest BCUT2D eigenvalue weighted by Crippen LogP contribution is 2.06. The van der Waals surface area contributed by atoms with Gasteiger partial charge in [0.25, 0.3) is 0 Å². The Morgan fingerprint density at radius 2 is 1.94 bits per heavy atom. The quantitative estimate of drug-likeness (QED) is 0.395. The van der Waals surface area contributed by atoms with Crippen LogP contribution in [-0.4, -0.2) is 35.4 Å². The first kappa shape index (κ1) is 18.7. The molecule has 0 radical (unpaired) electrons. The molecule has 0 heterocycles. The number of aliphatic hydroxyl groups is 1. The van der Waals surface area contributed by atoms with E-state index in [9.17, 15) is 9.59 Å². The van der Waals surface area contributed by atoms with E-state index in [0.717, 1.165) is 25.3 Å². The summed E-state index contributed by atoms with van der Waals surface area (Å²) >= 11 is 0. The van der Waals surface area contributed by atoms with Gasteiger partial charge in [-0.3, -0.25) is 0 Å². The minimum atomic E-state index is -0.865. The molecule has 0 aromatic heterocycles. The summed E-state index contributed by atoms with van der Waals surface area (Å²) in [6.07, 6.45) is 4.83. The molecule has 104 valence electrons. The fraction of sp³-hybridized carbons (Fsp3) is 0.538. The van der Waals surface area contributed by atoms with Crippen molar-refractivity contribution >= 4 is 11.9 Å². The van der Waals surface area contributed by atoms with Gasteiger partial charge in [0.1, 0.15) is 6.61 Å². The van der Waals surface area contributed by atoms with E-state index in [2.05, 4.69) is 24.8 Å². The van der Waals surface area contributed by atoms with E-state index in [1.807, 2.05) is 0 Å². The lowest BCUT2D eigenvalue weighted by atomic mass is 10.1. The van der Waals surface area contributed by atoms with Crippen LogP contribution in [0.2, 0.25) is 0 Å². The minimum Gasteiger partial charge on any atom is -0.478 e. The largest absolute Gasteiger partial charge is 0.478 e. The van der Waals surface area contributed by atoms with Crippen molar-refractivity contribution in [3.05, 3.63) is 24.8 Å². The SMILES string of the molecule is C=C(CCCCC)C(=O)O.C=CC(=O)OCCO. The molecule has 0 atom stereocenters. The van der Waals surface area contributed by atoms with Crippen molar-refractivity contribution in [1.82, 2.24) is 0 Å². The first-order valence-electron chi connectivity index (χ1n) is 5.80. The van der Waals surface area contributed by atoms with E-state index in [1.165, 1.54) is 0 Å². The van der Waals surface area contributed by atoms with E-state index >= 15 is 0 Å². The molecule has 18 heavy (non-hydrogen) atoms. The zero-order valence-corrected chi connectivity index (χ0v) is 10.9. The molecule has 0 aliphatic carbocycles. The van der Waals surface area contributed by atoms with Crippen molar-refractivity contribution in [2.24, 2.45) is 0 Å². The van der Waals surface area contributed by atoms with Crippen molar-refractivity contribution in [3.63, 3.8) is 0 Å². The minimum absolute atomic E-state index is 0.0465. The molecule has 0 aliphatic rings. The van der Waals surface area contributed by atoms with Crippen LogP contribution in [0.15, 0.2) is 24.8 Å². The Balaban J connectivity index is 0. The molecule has 2 N–H and O–H groups in total. The molecule has 0 aliphatic heterocycles. The number of rotatable bonds is 8.